The highest BCUT2D eigenvalue weighted by Crippen LogP contribution is 2.13. The summed E-state index contributed by atoms with van der Waals surface area (Å²) in [7, 11) is -3.34. The van der Waals surface area contributed by atoms with Crippen LogP contribution in [-0.4, -0.2) is 34.4 Å². The van der Waals surface area contributed by atoms with E-state index in [-0.39, 0.29) is 12.3 Å². The van der Waals surface area contributed by atoms with Gasteiger partial charge in [0.2, 0.25) is 5.82 Å². The molecular formula is C15H14N4O2S. The average molecular weight is 314 g/mol. The topological polar surface area (TPSA) is 77.7 Å². The third kappa shape index (κ3) is 3.20. The second-order valence-electron chi connectivity index (χ2n) is 4.71. The Balaban J connectivity index is 1.72. The predicted octanol–water partition coefficient (Wildman–Crippen LogP) is 1.81. The molecule has 0 N–H and O–H groups in total. The van der Waals surface area contributed by atoms with Crippen LogP contribution in [0.3, 0.4) is 0 Å². The minimum atomic E-state index is -3.34. The molecule has 0 amide bonds. The number of aromatic nitrogens is 4. The lowest BCUT2D eigenvalue weighted by Gasteiger charge is -2.03. The van der Waals surface area contributed by atoms with Crippen molar-refractivity contribution in [2.75, 3.05) is 5.75 Å². The first-order chi connectivity index (χ1) is 10.6. The monoisotopic (exact) mass is 314 g/mol. The van der Waals surface area contributed by atoms with Crippen molar-refractivity contribution in [2.45, 2.75) is 11.4 Å². The number of sulfone groups is 1. The van der Waals surface area contributed by atoms with Crippen molar-refractivity contribution in [2.24, 2.45) is 0 Å². The SMILES string of the molecule is O=S(=O)(CCn1nnc(-c2ccccc2)n1)c1ccccc1. The highest BCUT2D eigenvalue weighted by molar-refractivity contribution is 7.91. The lowest BCUT2D eigenvalue weighted by Crippen LogP contribution is -2.15. The van der Waals surface area contributed by atoms with Crippen LogP contribution in [0.15, 0.2) is 65.6 Å². The molecule has 112 valence electrons. The third-order valence-corrected chi connectivity index (χ3v) is 4.86. The molecule has 1 heterocycles. The summed E-state index contributed by atoms with van der Waals surface area (Å²) < 4.78 is 24.4. The standard InChI is InChI=1S/C15H14N4O2S/c20-22(21,14-9-5-2-6-10-14)12-11-19-17-15(16-18-19)13-7-3-1-4-8-13/h1-10H,11-12H2. The normalized spacial score (nSPS) is 11.5. The van der Waals surface area contributed by atoms with Gasteiger partial charge in [-0.3, -0.25) is 0 Å². The first-order valence-corrected chi connectivity index (χ1v) is 8.41. The Hall–Kier alpha value is -2.54. The van der Waals surface area contributed by atoms with E-state index in [1.807, 2.05) is 30.3 Å². The highest BCUT2D eigenvalue weighted by atomic mass is 32.2. The molecule has 6 nitrogen and oxygen atoms in total. The van der Waals surface area contributed by atoms with Crippen LogP contribution in [0.2, 0.25) is 0 Å². The van der Waals surface area contributed by atoms with Gasteiger partial charge in [0.15, 0.2) is 9.84 Å². The molecule has 22 heavy (non-hydrogen) atoms. The Morgan fingerprint density at radius 2 is 1.55 bits per heavy atom. The number of rotatable bonds is 5. The number of hydrogen-bond donors (Lipinski definition) is 0. The van der Waals surface area contributed by atoms with Crippen molar-refractivity contribution >= 4 is 9.84 Å². The Morgan fingerprint density at radius 1 is 0.909 bits per heavy atom. The summed E-state index contributed by atoms with van der Waals surface area (Å²) in [5.74, 6) is 0.416. The molecule has 2 aromatic carbocycles. The minimum absolute atomic E-state index is 0.0679. The van der Waals surface area contributed by atoms with Gasteiger partial charge in [0.1, 0.15) is 0 Å². The number of aryl methyl sites for hydroxylation is 1. The summed E-state index contributed by atoms with van der Waals surface area (Å²) in [5.41, 5.74) is 0.847. The number of hydrogen-bond acceptors (Lipinski definition) is 5. The molecule has 0 radical (unpaired) electrons. The lowest BCUT2D eigenvalue weighted by molar-refractivity contribution is 0.538. The Morgan fingerprint density at radius 3 is 2.23 bits per heavy atom. The van der Waals surface area contributed by atoms with Crippen molar-refractivity contribution < 1.29 is 8.42 Å². The zero-order valence-corrected chi connectivity index (χ0v) is 12.5. The van der Waals surface area contributed by atoms with E-state index in [4.69, 9.17) is 0 Å². The largest absolute Gasteiger partial charge is 0.224 e. The van der Waals surface area contributed by atoms with E-state index < -0.39 is 9.84 Å². The van der Waals surface area contributed by atoms with E-state index in [0.717, 1.165) is 5.56 Å². The van der Waals surface area contributed by atoms with Crippen molar-refractivity contribution in [3.8, 4) is 11.4 Å². The van der Waals surface area contributed by atoms with Gasteiger partial charge in [0.25, 0.3) is 0 Å². The van der Waals surface area contributed by atoms with Crippen LogP contribution < -0.4 is 0 Å². The fourth-order valence-electron chi connectivity index (χ4n) is 1.99. The third-order valence-electron chi connectivity index (χ3n) is 3.15. The smallest absolute Gasteiger partial charge is 0.204 e. The molecular weight excluding hydrogens is 300 g/mol. The van der Waals surface area contributed by atoms with Gasteiger partial charge in [-0.25, -0.2) is 8.42 Å². The van der Waals surface area contributed by atoms with E-state index in [2.05, 4.69) is 15.4 Å². The van der Waals surface area contributed by atoms with Crippen LogP contribution in [0.25, 0.3) is 11.4 Å². The van der Waals surface area contributed by atoms with Crippen LogP contribution in [0, 0.1) is 0 Å². The van der Waals surface area contributed by atoms with Gasteiger partial charge >= 0.3 is 0 Å². The molecule has 0 unspecified atom stereocenters. The van der Waals surface area contributed by atoms with Gasteiger partial charge < -0.3 is 0 Å². The molecule has 0 aliphatic rings. The predicted molar refractivity (Wildman–Crippen MR) is 81.7 cm³/mol. The Kier molecular flexibility index (Phi) is 3.97. The fourth-order valence-corrected chi connectivity index (χ4v) is 3.20. The molecule has 1 aromatic heterocycles. The summed E-state index contributed by atoms with van der Waals surface area (Å²) in [5, 5.41) is 12.1. The van der Waals surface area contributed by atoms with Gasteiger partial charge in [0.05, 0.1) is 17.2 Å². The molecule has 0 saturated heterocycles. The van der Waals surface area contributed by atoms with Crippen LogP contribution in [0.4, 0.5) is 0 Å². The lowest BCUT2D eigenvalue weighted by atomic mass is 10.2. The first-order valence-electron chi connectivity index (χ1n) is 6.76. The van der Waals surface area contributed by atoms with Crippen LogP contribution in [0.5, 0.6) is 0 Å². The van der Waals surface area contributed by atoms with E-state index in [9.17, 15) is 8.42 Å². The fraction of sp³-hybridized carbons (Fsp3) is 0.133. The van der Waals surface area contributed by atoms with E-state index in [1.165, 1.54) is 4.80 Å². The van der Waals surface area contributed by atoms with E-state index in [1.54, 1.807) is 30.3 Å². The van der Waals surface area contributed by atoms with Crippen LogP contribution in [-0.2, 0) is 16.4 Å². The number of benzene rings is 2. The van der Waals surface area contributed by atoms with Gasteiger partial charge in [-0.05, 0) is 17.3 Å². The maximum Gasteiger partial charge on any atom is 0.204 e. The molecule has 0 spiro atoms. The highest BCUT2D eigenvalue weighted by Gasteiger charge is 2.15. The van der Waals surface area contributed by atoms with Crippen molar-refractivity contribution in [3.05, 3.63) is 60.7 Å². The van der Waals surface area contributed by atoms with Crippen LogP contribution in [0.1, 0.15) is 0 Å². The average Bonchev–Trinajstić information content (AvgIpc) is 3.04. The maximum absolute atomic E-state index is 12.2. The number of nitrogens with zero attached hydrogens (tertiary/aromatic N) is 4. The molecule has 0 bridgehead atoms. The summed E-state index contributed by atoms with van der Waals surface area (Å²) in [6.07, 6.45) is 0. The summed E-state index contributed by atoms with van der Waals surface area (Å²) in [6, 6.07) is 17.8. The second-order valence-corrected chi connectivity index (χ2v) is 6.82. The Bertz CT molecular complexity index is 846. The van der Waals surface area contributed by atoms with Gasteiger partial charge in [0, 0.05) is 5.56 Å². The summed E-state index contributed by atoms with van der Waals surface area (Å²) in [6.45, 7) is 0.164. The van der Waals surface area contributed by atoms with Gasteiger partial charge in [-0.2, -0.15) is 4.80 Å². The first kappa shape index (κ1) is 14.4. The van der Waals surface area contributed by atoms with Gasteiger partial charge in [-0.15, -0.1) is 10.2 Å². The number of tetrazole rings is 1. The zero-order valence-electron chi connectivity index (χ0n) is 11.7. The molecule has 0 saturated carbocycles. The molecule has 3 rings (SSSR count). The van der Waals surface area contributed by atoms with Crippen molar-refractivity contribution in [3.63, 3.8) is 0 Å². The van der Waals surface area contributed by atoms with Crippen LogP contribution >= 0.6 is 0 Å². The molecule has 0 fully saturated rings. The van der Waals surface area contributed by atoms with Crippen molar-refractivity contribution in [1.82, 2.24) is 20.2 Å². The second kappa shape index (κ2) is 6.07. The quantitative estimate of drug-likeness (QED) is 0.718. The van der Waals surface area contributed by atoms with E-state index in [0.29, 0.717) is 10.7 Å². The van der Waals surface area contributed by atoms with Gasteiger partial charge in [-0.1, -0.05) is 48.5 Å². The molecule has 0 atom stereocenters. The Labute approximate surface area is 128 Å². The van der Waals surface area contributed by atoms with Crippen molar-refractivity contribution in [1.29, 1.82) is 0 Å². The minimum Gasteiger partial charge on any atom is -0.224 e. The molecule has 3 aromatic rings. The molecule has 7 heteroatoms. The maximum atomic E-state index is 12.2. The van der Waals surface area contributed by atoms with E-state index >= 15 is 0 Å². The zero-order chi connectivity index (χ0) is 15.4. The summed E-state index contributed by atoms with van der Waals surface area (Å²) >= 11 is 0. The summed E-state index contributed by atoms with van der Waals surface area (Å²) in [4.78, 5) is 1.61. The molecule has 0 aliphatic carbocycles. The molecule has 0 aliphatic heterocycles.